The van der Waals surface area contributed by atoms with E-state index in [0.29, 0.717) is 18.0 Å². The van der Waals surface area contributed by atoms with Gasteiger partial charge >= 0.3 is 5.97 Å². The summed E-state index contributed by atoms with van der Waals surface area (Å²) in [5.74, 6) is -0.101. The van der Waals surface area contributed by atoms with Crippen molar-refractivity contribution in [1.29, 1.82) is 0 Å². The molecule has 2 aromatic rings. The van der Waals surface area contributed by atoms with E-state index in [-0.39, 0.29) is 24.0 Å². The van der Waals surface area contributed by atoms with Crippen LogP contribution < -0.4 is 5.32 Å². The number of benzene rings is 1. The van der Waals surface area contributed by atoms with Gasteiger partial charge in [-0.05, 0) is 18.6 Å². The summed E-state index contributed by atoms with van der Waals surface area (Å²) >= 11 is 0. The van der Waals surface area contributed by atoms with Crippen molar-refractivity contribution in [3.8, 4) is 0 Å². The number of nitrogens with zero attached hydrogens (tertiary/aromatic N) is 2. The number of ether oxygens (including phenoxy) is 1. The predicted molar refractivity (Wildman–Crippen MR) is 78.3 cm³/mol. The third-order valence-corrected chi connectivity index (χ3v) is 2.93. The van der Waals surface area contributed by atoms with Gasteiger partial charge < -0.3 is 14.5 Å². The Morgan fingerprint density at radius 3 is 2.64 bits per heavy atom. The van der Waals surface area contributed by atoms with Gasteiger partial charge in [0.25, 0.3) is 5.89 Å². The van der Waals surface area contributed by atoms with Gasteiger partial charge in [-0.2, -0.15) is 0 Å². The lowest BCUT2D eigenvalue weighted by atomic mass is 10.1. The average Bonchev–Trinajstić information content (AvgIpc) is 2.94. The maximum atomic E-state index is 12.2. The molecule has 0 radical (unpaired) electrons. The lowest BCUT2D eigenvalue weighted by molar-refractivity contribution is -0.114. The van der Waals surface area contributed by atoms with E-state index in [1.165, 1.54) is 6.92 Å². The summed E-state index contributed by atoms with van der Waals surface area (Å²) in [6.07, 6.45) is 0.617. The minimum Gasteiger partial charge on any atom is -0.452 e. The summed E-state index contributed by atoms with van der Waals surface area (Å²) in [7, 11) is 0. The Bertz CT molecular complexity index is 694. The molecule has 0 saturated carbocycles. The number of hydrogen-bond acceptors (Lipinski definition) is 6. The van der Waals surface area contributed by atoms with Crippen LogP contribution in [0.1, 0.15) is 41.6 Å². The molecule has 7 nitrogen and oxygen atoms in total. The molecule has 7 heteroatoms. The summed E-state index contributed by atoms with van der Waals surface area (Å²) in [6.45, 7) is 4.95. The molecule has 1 aromatic heterocycles. The minimum atomic E-state index is -0.566. The Labute approximate surface area is 127 Å². The maximum Gasteiger partial charge on any atom is 0.340 e. The lowest BCUT2D eigenvalue weighted by Gasteiger charge is -2.11. The van der Waals surface area contributed by atoms with Crippen molar-refractivity contribution in [3.05, 3.63) is 41.1 Å². The summed E-state index contributed by atoms with van der Waals surface area (Å²) in [5.41, 5.74) is 1.50. The second kappa shape index (κ2) is 6.84. The molecule has 1 N–H and O–H groups in total. The fourth-order valence-electron chi connectivity index (χ4n) is 1.87. The summed E-state index contributed by atoms with van der Waals surface area (Å²) in [5, 5.41) is 10.2. The van der Waals surface area contributed by atoms with Gasteiger partial charge in [0, 0.05) is 13.3 Å². The van der Waals surface area contributed by atoms with E-state index in [9.17, 15) is 9.59 Å². The van der Waals surface area contributed by atoms with Crippen molar-refractivity contribution >= 4 is 17.6 Å². The monoisotopic (exact) mass is 303 g/mol. The van der Waals surface area contributed by atoms with E-state index in [0.717, 1.165) is 5.56 Å². The Hall–Kier alpha value is -2.70. The number of amides is 1. The molecule has 0 aliphatic heterocycles. The van der Waals surface area contributed by atoms with Crippen molar-refractivity contribution < 1.29 is 18.7 Å². The normalized spacial score (nSPS) is 10.3. The number of hydrogen-bond donors (Lipinski definition) is 1. The Balaban J connectivity index is 2.12. The van der Waals surface area contributed by atoms with Crippen LogP contribution in [0.25, 0.3) is 0 Å². The zero-order chi connectivity index (χ0) is 16.1. The predicted octanol–water partition coefficient (Wildman–Crippen LogP) is 2.26. The second-order valence-electron chi connectivity index (χ2n) is 4.70. The number of esters is 1. The summed E-state index contributed by atoms with van der Waals surface area (Å²) in [6, 6.07) is 5.11. The van der Waals surface area contributed by atoms with Crippen LogP contribution in [-0.4, -0.2) is 22.1 Å². The molecule has 22 heavy (non-hydrogen) atoms. The molecule has 0 saturated heterocycles. The highest BCUT2D eigenvalue weighted by molar-refractivity contribution is 6.01. The molecule has 1 amide bonds. The van der Waals surface area contributed by atoms with E-state index in [2.05, 4.69) is 15.5 Å². The zero-order valence-electron chi connectivity index (χ0n) is 12.7. The number of aromatic nitrogens is 2. The number of para-hydroxylation sites is 1. The number of aryl methyl sites for hydroxylation is 2. The third kappa shape index (κ3) is 3.69. The average molecular weight is 303 g/mol. The molecule has 2 rings (SSSR count). The largest absolute Gasteiger partial charge is 0.452 e. The van der Waals surface area contributed by atoms with Gasteiger partial charge in [-0.1, -0.05) is 19.1 Å². The molecule has 0 fully saturated rings. The second-order valence-corrected chi connectivity index (χ2v) is 4.70. The van der Waals surface area contributed by atoms with Crippen LogP contribution in [0.3, 0.4) is 0 Å². The quantitative estimate of drug-likeness (QED) is 0.851. The number of carbonyl (C=O) groups is 2. The first-order valence-electron chi connectivity index (χ1n) is 6.86. The van der Waals surface area contributed by atoms with Crippen molar-refractivity contribution in [2.24, 2.45) is 0 Å². The molecule has 0 aliphatic carbocycles. The first-order valence-corrected chi connectivity index (χ1v) is 6.86. The van der Waals surface area contributed by atoms with Crippen LogP contribution in [0.4, 0.5) is 5.69 Å². The lowest BCUT2D eigenvalue weighted by Crippen LogP contribution is -2.14. The van der Waals surface area contributed by atoms with E-state index < -0.39 is 5.97 Å². The number of anilines is 1. The van der Waals surface area contributed by atoms with Crippen LogP contribution in [0, 0.1) is 6.92 Å². The molecular weight excluding hydrogens is 286 g/mol. The number of rotatable bonds is 5. The number of carbonyl (C=O) groups excluding carboxylic acids is 2. The minimum absolute atomic E-state index is 0.112. The molecule has 0 unspecified atom stereocenters. The fourth-order valence-corrected chi connectivity index (χ4v) is 1.87. The molecule has 1 heterocycles. The first kappa shape index (κ1) is 15.7. The van der Waals surface area contributed by atoms with Crippen molar-refractivity contribution in [2.75, 3.05) is 5.32 Å². The van der Waals surface area contributed by atoms with Gasteiger partial charge in [0.2, 0.25) is 11.8 Å². The van der Waals surface area contributed by atoms with Gasteiger partial charge in [0.15, 0.2) is 6.61 Å². The highest BCUT2D eigenvalue weighted by Gasteiger charge is 2.17. The molecular formula is C15H17N3O4. The Morgan fingerprint density at radius 1 is 1.27 bits per heavy atom. The van der Waals surface area contributed by atoms with E-state index in [1.807, 2.05) is 6.92 Å². The Morgan fingerprint density at radius 2 is 2.00 bits per heavy atom. The van der Waals surface area contributed by atoms with Crippen molar-refractivity contribution in [2.45, 2.75) is 33.8 Å². The third-order valence-electron chi connectivity index (χ3n) is 2.93. The summed E-state index contributed by atoms with van der Waals surface area (Å²) < 4.78 is 10.4. The molecule has 116 valence electrons. The van der Waals surface area contributed by atoms with E-state index in [1.54, 1.807) is 25.1 Å². The van der Waals surface area contributed by atoms with E-state index in [4.69, 9.17) is 9.15 Å². The molecule has 0 aliphatic rings. The first-order chi connectivity index (χ1) is 10.5. The van der Waals surface area contributed by atoms with Gasteiger partial charge in [-0.25, -0.2) is 4.79 Å². The molecule has 0 spiro atoms. The molecule has 0 bridgehead atoms. The topological polar surface area (TPSA) is 94.3 Å². The molecule has 1 aromatic carbocycles. The van der Waals surface area contributed by atoms with Crippen LogP contribution in [0.5, 0.6) is 0 Å². The highest BCUT2D eigenvalue weighted by atomic mass is 16.5. The standard InChI is InChI=1S/C15H17N3O4/c1-4-12-17-18-13(22-12)8-21-15(20)11-7-5-6-9(2)14(11)16-10(3)19/h5-7H,4,8H2,1-3H3,(H,16,19). The van der Waals surface area contributed by atoms with E-state index >= 15 is 0 Å². The van der Waals surface area contributed by atoms with Crippen LogP contribution in [-0.2, 0) is 22.6 Å². The van der Waals surface area contributed by atoms with Gasteiger partial charge in [-0.15, -0.1) is 10.2 Å². The van der Waals surface area contributed by atoms with Gasteiger partial charge in [0.1, 0.15) is 0 Å². The zero-order valence-corrected chi connectivity index (χ0v) is 12.7. The van der Waals surface area contributed by atoms with Crippen LogP contribution in [0.15, 0.2) is 22.6 Å². The van der Waals surface area contributed by atoms with Gasteiger partial charge in [-0.3, -0.25) is 4.79 Å². The van der Waals surface area contributed by atoms with Crippen LogP contribution >= 0.6 is 0 Å². The van der Waals surface area contributed by atoms with Crippen LogP contribution in [0.2, 0.25) is 0 Å². The van der Waals surface area contributed by atoms with Crippen molar-refractivity contribution in [3.63, 3.8) is 0 Å². The SMILES string of the molecule is CCc1nnc(COC(=O)c2cccc(C)c2NC(C)=O)o1. The summed E-state index contributed by atoms with van der Waals surface area (Å²) in [4.78, 5) is 23.4. The molecule has 0 atom stereocenters. The highest BCUT2D eigenvalue weighted by Crippen LogP contribution is 2.21. The maximum absolute atomic E-state index is 12.2. The smallest absolute Gasteiger partial charge is 0.340 e. The number of nitrogens with one attached hydrogen (secondary N) is 1. The van der Waals surface area contributed by atoms with Crippen molar-refractivity contribution in [1.82, 2.24) is 10.2 Å². The fraction of sp³-hybridized carbons (Fsp3) is 0.333. The Kier molecular flexibility index (Phi) is 4.88. The van der Waals surface area contributed by atoms with Gasteiger partial charge in [0.05, 0.1) is 11.3 Å².